The average Bonchev–Trinajstić information content (AvgIpc) is 3.55. The molecule has 1 fully saturated rings. The highest BCUT2D eigenvalue weighted by atomic mass is 19.1. The van der Waals surface area contributed by atoms with Crippen LogP contribution in [0.5, 0.6) is 5.75 Å². The molecule has 3 aromatic rings. The number of ether oxygens (including phenoxy) is 1. The van der Waals surface area contributed by atoms with Crippen molar-refractivity contribution in [1.82, 2.24) is 9.97 Å². The van der Waals surface area contributed by atoms with Crippen molar-refractivity contribution in [3.8, 4) is 5.75 Å². The minimum atomic E-state index is -0.266. The number of hydrogen-bond donors (Lipinski definition) is 2. The number of allylic oxidation sites excluding steroid dienone is 1. The van der Waals surface area contributed by atoms with Crippen molar-refractivity contribution in [3.63, 3.8) is 0 Å². The molecular weight excluding hydrogens is 383 g/mol. The molecule has 1 aromatic heterocycles. The molecule has 0 radical (unpaired) electrons. The average molecular weight is 406 g/mol. The summed E-state index contributed by atoms with van der Waals surface area (Å²) in [6.45, 7) is 1.70. The summed E-state index contributed by atoms with van der Waals surface area (Å²) >= 11 is 0. The van der Waals surface area contributed by atoms with E-state index in [1.807, 2.05) is 6.08 Å². The third-order valence-corrected chi connectivity index (χ3v) is 5.07. The normalized spacial score (nSPS) is 13.6. The fourth-order valence-corrected chi connectivity index (χ4v) is 3.20. The van der Waals surface area contributed by atoms with E-state index < -0.39 is 0 Å². The van der Waals surface area contributed by atoms with E-state index in [1.54, 1.807) is 44.4 Å². The zero-order valence-corrected chi connectivity index (χ0v) is 16.9. The molecule has 30 heavy (non-hydrogen) atoms. The van der Waals surface area contributed by atoms with Gasteiger partial charge in [0.2, 0.25) is 5.91 Å². The SMILES string of the molecule is COc1cc2ncnc(Nc3ccc(F)c(C)c3)c2cc1NC(=O)/C=C/CC1CC1. The summed E-state index contributed by atoms with van der Waals surface area (Å²) in [6.07, 6.45) is 8.33. The van der Waals surface area contributed by atoms with Gasteiger partial charge in [-0.15, -0.1) is 0 Å². The Morgan fingerprint density at radius 3 is 2.83 bits per heavy atom. The standard InChI is InChI=1S/C23H23FN4O2/c1-14-10-16(8-9-18(14)24)27-23-17-11-20(21(30-2)12-19(17)25-13-26-23)28-22(29)5-3-4-15-6-7-15/h3,5,8-13,15H,4,6-7H2,1-2H3,(H,28,29)(H,25,26,27)/b5-3+. The monoisotopic (exact) mass is 406 g/mol. The number of aromatic nitrogens is 2. The smallest absolute Gasteiger partial charge is 0.248 e. The second kappa shape index (κ2) is 8.49. The molecule has 7 heteroatoms. The number of aryl methyl sites for hydroxylation is 1. The van der Waals surface area contributed by atoms with Gasteiger partial charge in [0.05, 0.1) is 18.3 Å². The molecule has 6 nitrogen and oxygen atoms in total. The van der Waals surface area contributed by atoms with Crippen LogP contribution in [-0.4, -0.2) is 23.0 Å². The Bertz CT molecular complexity index is 1130. The topological polar surface area (TPSA) is 76.1 Å². The van der Waals surface area contributed by atoms with Crippen LogP contribution in [0.3, 0.4) is 0 Å². The third-order valence-electron chi connectivity index (χ3n) is 5.07. The highest BCUT2D eigenvalue weighted by molar-refractivity contribution is 6.03. The van der Waals surface area contributed by atoms with Gasteiger partial charge in [0.15, 0.2) is 0 Å². The maximum Gasteiger partial charge on any atom is 0.248 e. The van der Waals surface area contributed by atoms with Crippen LogP contribution >= 0.6 is 0 Å². The van der Waals surface area contributed by atoms with Crippen LogP contribution in [0.1, 0.15) is 24.8 Å². The predicted octanol–water partition coefficient (Wildman–Crippen LogP) is 5.12. The van der Waals surface area contributed by atoms with Crippen molar-refractivity contribution in [1.29, 1.82) is 0 Å². The fourth-order valence-electron chi connectivity index (χ4n) is 3.20. The highest BCUT2D eigenvalue weighted by Crippen LogP contribution is 2.34. The van der Waals surface area contributed by atoms with E-state index in [4.69, 9.17) is 4.74 Å². The number of carbonyl (C=O) groups is 1. The van der Waals surface area contributed by atoms with E-state index in [0.717, 1.165) is 12.3 Å². The predicted molar refractivity (Wildman–Crippen MR) is 116 cm³/mol. The quantitative estimate of drug-likeness (QED) is 0.532. The second-order valence-corrected chi connectivity index (χ2v) is 7.45. The van der Waals surface area contributed by atoms with Crippen molar-refractivity contribution in [2.45, 2.75) is 26.2 Å². The van der Waals surface area contributed by atoms with Crippen LogP contribution < -0.4 is 15.4 Å². The lowest BCUT2D eigenvalue weighted by Gasteiger charge is -2.13. The van der Waals surface area contributed by atoms with Crippen LogP contribution in [-0.2, 0) is 4.79 Å². The molecule has 1 aliphatic carbocycles. The molecule has 0 bridgehead atoms. The first kappa shape index (κ1) is 19.8. The summed E-state index contributed by atoms with van der Waals surface area (Å²) in [4.78, 5) is 21.0. The zero-order valence-electron chi connectivity index (χ0n) is 16.9. The Hall–Kier alpha value is -3.48. The van der Waals surface area contributed by atoms with E-state index in [1.165, 1.54) is 25.2 Å². The molecule has 1 saturated carbocycles. The molecule has 1 amide bonds. The van der Waals surface area contributed by atoms with Crippen molar-refractivity contribution in [2.24, 2.45) is 5.92 Å². The van der Waals surface area contributed by atoms with Gasteiger partial charge in [-0.1, -0.05) is 6.08 Å². The highest BCUT2D eigenvalue weighted by Gasteiger charge is 2.19. The molecule has 2 aromatic carbocycles. The first-order valence-corrected chi connectivity index (χ1v) is 9.87. The lowest BCUT2D eigenvalue weighted by molar-refractivity contribution is -0.111. The number of anilines is 3. The zero-order chi connectivity index (χ0) is 21.1. The summed E-state index contributed by atoms with van der Waals surface area (Å²) in [5, 5.41) is 6.78. The Morgan fingerprint density at radius 2 is 2.10 bits per heavy atom. The molecule has 0 atom stereocenters. The van der Waals surface area contributed by atoms with Crippen molar-refractivity contribution >= 4 is 34.0 Å². The lowest BCUT2D eigenvalue weighted by atomic mass is 10.1. The van der Waals surface area contributed by atoms with Gasteiger partial charge in [0.25, 0.3) is 0 Å². The van der Waals surface area contributed by atoms with Gasteiger partial charge < -0.3 is 15.4 Å². The van der Waals surface area contributed by atoms with E-state index in [-0.39, 0.29) is 11.7 Å². The first-order chi connectivity index (χ1) is 14.5. The van der Waals surface area contributed by atoms with Crippen LogP contribution in [0.25, 0.3) is 10.9 Å². The summed E-state index contributed by atoms with van der Waals surface area (Å²) < 4.78 is 19.0. The molecule has 0 unspecified atom stereocenters. The number of hydrogen-bond acceptors (Lipinski definition) is 5. The van der Waals surface area contributed by atoms with Gasteiger partial charge in [0.1, 0.15) is 23.7 Å². The lowest BCUT2D eigenvalue weighted by Crippen LogP contribution is -2.09. The van der Waals surface area contributed by atoms with Crippen molar-refractivity contribution in [3.05, 3.63) is 60.2 Å². The molecule has 0 saturated heterocycles. The first-order valence-electron chi connectivity index (χ1n) is 9.87. The van der Waals surface area contributed by atoms with E-state index in [2.05, 4.69) is 20.6 Å². The van der Waals surface area contributed by atoms with E-state index >= 15 is 0 Å². The molecule has 0 aliphatic heterocycles. The Balaban J connectivity index is 1.63. The summed E-state index contributed by atoms with van der Waals surface area (Å²) in [5.41, 5.74) is 2.42. The van der Waals surface area contributed by atoms with Crippen LogP contribution in [0.2, 0.25) is 0 Å². The van der Waals surface area contributed by atoms with Gasteiger partial charge in [-0.3, -0.25) is 4.79 Å². The third kappa shape index (κ3) is 4.56. The maximum absolute atomic E-state index is 13.6. The van der Waals surface area contributed by atoms with Crippen LogP contribution in [0, 0.1) is 18.7 Å². The molecule has 0 spiro atoms. The summed E-state index contributed by atoms with van der Waals surface area (Å²) in [7, 11) is 1.54. The number of nitrogens with one attached hydrogen (secondary N) is 2. The van der Waals surface area contributed by atoms with Gasteiger partial charge in [0, 0.05) is 17.1 Å². The number of amides is 1. The molecule has 2 N–H and O–H groups in total. The number of benzene rings is 2. The van der Waals surface area contributed by atoms with Crippen molar-refractivity contribution < 1.29 is 13.9 Å². The summed E-state index contributed by atoms with van der Waals surface area (Å²) in [6, 6.07) is 8.29. The second-order valence-electron chi connectivity index (χ2n) is 7.45. The largest absolute Gasteiger partial charge is 0.494 e. The van der Waals surface area contributed by atoms with Gasteiger partial charge >= 0.3 is 0 Å². The minimum Gasteiger partial charge on any atom is -0.494 e. The molecular formula is C23H23FN4O2. The van der Waals surface area contributed by atoms with Crippen LogP contribution in [0.15, 0.2) is 48.8 Å². The molecule has 4 rings (SSSR count). The number of halogens is 1. The molecule has 154 valence electrons. The number of methoxy groups -OCH3 is 1. The van der Waals surface area contributed by atoms with Crippen LogP contribution in [0.4, 0.5) is 21.6 Å². The van der Waals surface area contributed by atoms with Gasteiger partial charge in [-0.25, -0.2) is 14.4 Å². The molecule has 1 aliphatic rings. The fraction of sp³-hybridized carbons (Fsp3) is 0.261. The summed E-state index contributed by atoms with van der Waals surface area (Å²) in [5.74, 6) is 1.30. The minimum absolute atomic E-state index is 0.214. The molecule has 1 heterocycles. The van der Waals surface area contributed by atoms with Crippen molar-refractivity contribution in [2.75, 3.05) is 17.7 Å². The number of fused-ring (bicyclic) bond motifs is 1. The Morgan fingerprint density at radius 1 is 1.27 bits per heavy atom. The number of rotatable bonds is 7. The maximum atomic E-state index is 13.6. The van der Waals surface area contributed by atoms with Gasteiger partial charge in [-0.05, 0) is 68.0 Å². The number of carbonyl (C=O) groups excluding carboxylic acids is 1. The van der Waals surface area contributed by atoms with E-state index in [9.17, 15) is 9.18 Å². The number of nitrogens with zero attached hydrogens (tertiary/aromatic N) is 2. The Kier molecular flexibility index (Phi) is 5.61. The Labute approximate surface area is 174 Å². The van der Waals surface area contributed by atoms with E-state index in [0.29, 0.717) is 39.4 Å². The van der Waals surface area contributed by atoms with Gasteiger partial charge in [-0.2, -0.15) is 0 Å².